The fourth-order valence-corrected chi connectivity index (χ4v) is 4.15. The average molecular weight is 375 g/mol. The van der Waals surface area contributed by atoms with Crippen molar-refractivity contribution in [3.8, 4) is 0 Å². The number of fused-ring (bicyclic) bond motifs is 2. The van der Waals surface area contributed by atoms with Crippen LogP contribution in [0.5, 0.6) is 0 Å². The summed E-state index contributed by atoms with van der Waals surface area (Å²) < 4.78 is 0. The van der Waals surface area contributed by atoms with E-state index >= 15 is 0 Å². The van der Waals surface area contributed by atoms with E-state index in [2.05, 4.69) is 60.7 Å². The third kappa shape index (κ3) is 2.92. The maximum Gasteiger partial charge on any atom is 0.136 e. The molecule has 0 spiro atoms. The highest BCUT2D eigenvalue weighted by Gasteiger charge is 2.38. The van der Waals surface area contributed by atoms with Crippen LogP contribution in [-0.4, -0.2) is 0 Å². The lowest BCUT2D eigenvalue weighted by molar-refractivity contribution is 0.515. The molecule has 1 unspecified atom stereocenters. The molecule has 0 radical (unpaired) electrons. The highest BCUT2D eigenvalue weighted by molar-refractivity contribution is 5.92. The van der Waals surface area contributed by atoms with Gasteiger partial charge in [0, 0.05) is 23.1 Å². The van der Waals surface area contributed by atoms with Gasteiger partial charge in [-0.25, -0.2) is 0 Å². The van der Waals surface area contributed by atoms with Gasteiger partial charge in [-0.05, 0) is 22.6 Å². The van der Waals surface area contributed by atoms with Crippen LogP contribution in [-0.2, 0) is 5.54 Å². The van der Waals surface area contributed by atoms with E-state index in [1.807, 2.05) is 42.5 Å². The molecule has 0 saturated heterocycles. The van der Waals surface area contributed by atoms with Crippen LogP contribution in [0, 0.1) is 0 Å². The summed E-state index contributed by atoms with van der Waals surface area (Å²) >= 11 is 0. The highest BCUT2D eigenvalue weighted by Crippen LogP contribution is 2.45. The van der Waals surface area contributed by atoms with E-state index in [0.717, 1.165) is 38.8 Å². The van der Waals surface area contributed by atoms with Crippen molar-refractivity contribution in [3.63, 3.8) is 0 Å². The summed E-state index contributed by atoms with van der Waals surface area (Å²) in [6, 6.07) is 33.0. The first kappa shape index (κ1) is 17.4. The van der Waals surface area contributed by atoms with E-state index in [-0.39, 0.29) is 0 Å². The summed E-state index contributed by atoms with van der Waals surface area (Å²) in [6.07, 6.45) is 2.74. The molecule has 0 aliphatic heterocycles. The lowest BCUT2D eigenvalue weighted by Crippen LogP contribution is -2.29. The molecule has 0 aromatic heterocycles. The maximum atomic E-state index is 6.32. The lowest BCUT2D eigenvalue weighted by Gasteiger charge is -2.34. The molecule has 29 heavy (non-hydrogen) atoms. The Kier molecular flexibility index (Phi) is 4.21. The molecule has 0 fully saturated rings. The first-order chi connectivity index (χ1) is 14.3. The summed E-state index contributed by atoms with van der Waals surface area (Å²) in [6.45, 7) is 0. The summed E-state index contributed by atoms with van der Waals surface area (Å²) in [4.78, 5) is 0. The molecule has 1 aliphatic carbocycles. The lowest BCUT2D eigenvalue weighted by atomic mass is 9.75. The molecule has 3 heteroatoms. The van der Waals surface area contributed by atoms with Gasteiger partial charge in [0.2, 0.25) is 0 Å². The van der Waals surface area contributed by atoms with Crippen LogP contribution in [0.1, 0.15) is 23.1 Å². The minimum Gasteiger partial charge on any atom is -0.398 e. The number of hydrogen-bond acceptors (Lipinski definition) is 3. The first-order valence-electron chi connectivity index (χ1n) is 9.80. The average Bonchev–Trinajstić information content (AvgIpc) is 2.80. The predicted molar refractivity (Wildman–Crippen MR) is 119 cm³/mol. The summed E-state index contributed by atoms with van der Waals surface area (Å²) in [5.41, 5.74) is 10.6. The Morgan fingerprint density at radius 2 is 1.45 bits per heavy atom. The fraction of sp³-hybridized carbons (Fsp3) is 0.0769. The number of nitrogens with two attached hydrogens (primary N) is 1. The minimum absolute atomic E-state index is 0.600. The Bertz CT molecular complexity index is 1240. The molecule has 0 heterocycles. The summed E-state index contributed by atoms with van der Waals surface area (Å²) in [5, 5.41) is 12.0. The second-order valence-electron chi connectivity index (χ2n) is 7.33. The molecule has 2 N–H and O–H groups in total. The number of hydrogen-bond donors (Lipinski definition) is 1. The summed E-state index contributed by atoms with van der Waals surface area (Å²) in [5.74, 6) is 0. The Morgan fingerprint density at radius 3 is 2.34 bits per heavy atom. The second-order valence-corrected chi connectivity index (χ2v) is 7.33. The SMILES string of the molecule is NC1=CCC(N=Nc2cccc3ccccc23)(c2ccccc2)c2ccccc21. The number of nitrogens with zero attached hydrogens (tertiary/aromatic N) is 2. The van der Waals surface area contributed by atoms with E-state index in [1.54, 1.807) is 0 Å². The Labute approximate surface area is 170 Å². The van der Waals surface area contributed by atoms with Crippen molar-refractivity contribution in [2.75, 3.05) is 0 Å². The van der Waals surface area contributed by atoms with Crippen molar-refractivity contribution in [1.82, 2.24) is 0 Å². The van der Waals surface area contributed by atoms with Crippen LogP contribution >= 0.6 is 0 Å². The van der Waals surface area contributed by atoms with Gasteiger partial charge in [-0.1, -0.05) is 97.1 Å². The van der Waals surface area contributed by atoms with E-state index < -0.39 is 5.54 Å². The molecule has 4 aromatic rings. The van der Waals surface area contributed by atoms with Crippen LogP contribution in [0.3, 0.4) is 0 Å². The second kappa shape index (κ2) is 7.02. The zero-order valence-corrected chi connectivity index (χ0v) is 16.0. The Morgan fingerprint density at radius 1 is 0.724 bits per heavy atom. The molecule has 4 aromatic carbocycles. The quantitative estimate of drug-likeness (QED) is 0.404. The molecule has 5 rings (SSSR count). The van der Waals surface area contributed by atoms with Crippen molar-refractivity contribution >= 4 is 22.2 Å². The van der Waals surface area contributed by atoms with Crippen molar-refractivity contribution in [2.45, 2.75) is 12.0 Å². The van der Waals surface area contributed by atoms with Crippen molar-refractivity contribution in [2.24, 2.45) is 16.0 Å². The van der Waals surface area contributed by atoms with Gasteiger partial charge in [-0.15, -0.1) is 0 Å². The topological polar surface area (TPSA) is 50.7 Å². The third-order valence-electron chi connectivity index (χ3n) is 5.65. The van der Waals surface area contributed by atoms with Gasteiger partial charge >= 0.3 is 0 Å². The zero-order valence-electron chi connectivity index (χ0n) is 16.0. The molecule has 0 saturated carbocycles. The third-order valence-corrected chi connectivity index (χ3v) is 5.65. The predicted octanol–water partition coefficient (Wildman–Crippen LogP) is 6.57. The van der Waals surface area contributed by atoms with Crippen LogP contribution in [0.25, 0.3) is 16.5 Å². The van der Waals surface area contributed by atoms with Crippen LogP contribution in [0.4, 0.5) is 5.69 Å². The maximum absolute atomic E-state index is 6.32. The van der Waals surface area contributed by atoms with Crippen molar-refractivity contribution in [1.29, 1.82) is 0 Å². The van der Waals surface area contributed by atoms with Gasteiger partial charge in [0.1, 0.15) is 5.54 Å². The molecule has 1 aliphatic rings. The van der Waals surface area contributed by atoms with Gasteiger partial charge < -0.3 is 5.73 Å². The molecule has 0 bridgehead atoms. The van der Waals surface area contributed by atoms with E-state index in [4.69, 9.17) is 16.0 Å². The molecule has 140 valence electrons. The minimum atomic E-state index is -0.600. The first-order valence-corrected chi connectivity index (χ1v) is 9.80. The molecule has 1 atom stereocenters. The number of benzene rings is 4. The van der Waals surface area contributed by atoms with Crippen LogP contribution < -0.4 is 5.73 Å². The highest BCUT2D eigenvalue weighted by atomic mass is 15.2. The monoisotopic (exact) mass is 375 g/mol. The van der Waals surface area contributed by atoms with Gasteiger partial charge in [-0.3, -0.25) is 0 Å². The molecular weight excluding hydrogens is 354 g/mol. The van der Waals surface area contributed by atoms with E-state index in [1.165, 1.54) is 0 Å². The van der Waals surface area contributed by atoms with Crippen molar-refractivity contribution in [3.05, 3.63) is 120 Å². The van der Waals surface area contributed by atoms with E-state index in [0.29, 0.717) is 6.42 Å². The Balaban J connectivity index is 1.72. The Hall–Kier alpha value is -3.72. The standard InChI is InChI=1S/C26H21N3/c27-24-17-18-26(20-11-2-1-3-12-20,23-15-7-6-14-22(23)24)29-28-25-16-8-10-19-9-4-5-13-21(19)25/h1-17H,18,27H2. The van der Waals surface area contributed by atoms with E-state index in [9.17, 15) is 0 Å². The smallest absolute Gasteiger partial charge is 0.136 e. The molecule has 3 nitrogen and oxygen atoms in total. The van der Waals surface area contributed by atoms with Gasteiger partial charge in [0.25, 0.3) is 0 Å². The molecular formula is C26H21N3. The largest absolute Gasteiger partial charge is 0.398 e. The zero-order chi connectivity index (χ0) is 19.7. The molecule has 0 amide bonds. The van der Waals surface area contributed by atoms with Crippen LogP contribution in [0.2, 0.25) is 0 Å². The fourth-order valence-electron chi connectivity index (χ4n) is 4.15. The van der Waals surface area contributed by atoms with Gasteiger partial charge in [-0.2, -0.15) is 10.2 Å². The number of rotatable bonds is 3. The van der Waals surface area contributed by atoms with Crippen LogP contribution in [0.15, 0.2) is 113 Å². The van der Waals surface area contributed by atoms with Crippen molar-refractivity contribution < 1.29 is 0 Å². The number of azo groups is 1. The van der Waals surface area contributed by atoms with Gasteiger partial charge in [0.05, 0.1) is 5.69 Å². The van der Waals surface area contributed by atoms with Gasteiger partial charge in [0.15, 0.2) is 0 Å². The summed E-state index contributed by atoms with van der Waals surface area (Å²) in [7, 11) is 0. The normalized spacial score (nSPS) is 18.6.